The van der Waals surface area contributed by atoms with Crippen LogP contribution in [0.3, 0.4) is 0 Å². The number of carbonyl (C=O) groups excluding carboxylic acids is 2. The van der Waals surface area contributed by atoms with Crippen molar-refractivity contribution < 1.29 is 27.5 Å². The fourth-order valence-electron chi connectivity index (χ4n) is 3.79. The smallest absolute Gasteiger partial charge is 0.242 e. The first-order valence-electron chi connectivity index (χ1n) is 12.1. The van der Waals surface area contributed by atoms with Gasteiger partial charge in [-0.15, -0.1) is 0 Å². The predicted molar refractivity (Wildman–Crippen MR) is 145 cm³/mol. The molecule has 0 radical (unpaired) electrons. The molecule has 2 rings (SSSR count). The zero-order chi connectivity index (χ0) is 27.8. The lowest BCUT2D eigenvalue weighted by Gasteiger charge is -2.32. The second-order valence-electron chi connectivity index (χ2n) is 9.93. The molecule has 204 valence electrons. The molecule has 0 spiro atoms. The first-order valence-corrected chi connectivity index (χ1v) is 14.0. The second-order valence-corrected chi connectivity index (χ2v) is 11.8. The molecule has 0 saturated carbocycles. The van der Waals surface area contributed by atoms with Gasteiger partial charge in [-0.25, -0.2) is 8.42 Å². The summed E-state index contributed by atoms with van der Waals surface area (Å²) in [7, 11) is -0.515. The molecule has 37 heavy (non-hydrogen) atoms. The first-order chi connectivity index (χ1) is 17.2. The molecule has 0 aliphatic rings. The first kappa shape index (κ1) is 30.0. The van der Waals surface area contributed by atoms with Gasteiger partial charge in [0, 0.05) is 31.1 Å². The fraction of sp³-hybridized carbons (Fsp3) is 0.481. The summed E-state index contributed by atoms with van der Waals surface area (Å²) in [6, 6.07) is 13.3. The van der Waals surface area contributed by atoms with Crippen LogP contribution in [0, 0.1) is 0 Å². The molecule has 0 unspecified atom stereocenters. The topological polar surface area (TPSA) is 105 Å². The number of sulfonamides is 1. The third-order valence-corrected chi connectivity index (χ3v) is 6.84. The van der Waals surface area contributed by atoms with E-state index in [1.54, 1.807) is 38.3 Å². The molecule has 1 atom stereocenters. The number of hydrogen-bond acceptors (Lipinski definition) is 6. The predicted octanol–water partition coefficient (Wildman–Crippen LogP) is 3.58. The van der Waals surface area contributed by atoms with Crippen molar-refractivity contribution in [3.05, 3.63) is 54.1 Å². The maximum atomic E-state index is 13.4. The number of anilines is 1. The number of methoxy groups -OCH3 is 2. The van der Waals surface area contributed by atoms with E-state index in [1.807, 2.05) is 45.0 Å². The largest absolute Gasteiger partial charge is 0.497 e. The quantitative estimate of drug-likeness (QED) is 0.447. The Bertz CT molecular complexity index is 1180. The van der Waals surface area contributed by atoms with Crippen molar-refractivity contribution in [2.24, 2.45) is 0 Å². The van der Waals surface area contributed by atoms with Crippen molar-refractivity contribution >= 4 is 27.5 Å². The number of rotatable bonds is 12. The van der Waals surface area contributed by atoms with Crippen molar-refractivity contribution in [2.75, 3.05) is 31.3 Å². The fourth-order valence-corrected chi connectivity index (χ4v) is 4.75. The van der Waals surface area contributed by atoms with Gasteiger partial charge < -0.3 is 19.7 Å². The third kappa shape index (κ3) is 9.27. The highest BCUT2D eigenvalue weighted by molar-refractivity contribution is 7.92. The standard InChI is InChI=1S/C27H39N3O6S/c1-20(26(32)28-27(2,3)4)29(19-21-11-8-13-23(17-21)35-5)25(31)15-10-16-30(37(7,33)34)22-12-9-14-24(18-22)36-6/h8-9,11-14,17-18,20H,10,15-16,19H2,1-7H3,(H,28,32)/t20-/m1/s1. The molecule has 0 heterocycles. The molecule has 0 aromatic heterocycles. The van der Waals surface area contributed by atoms with Gasteiger partial charge >= 0.3 is 0 Å². The SMILES string of the molecule is COc1cccc(CN(C(=O)CCCN(c2cccc(OC)c2)S(C)(=O)=O)[C@H](C)C(=O)NC(C)(C)C)c1. The molecule has 2 amide bonds. The maximum absolute atomic E-state index is 13.4. The van der Waals surface area contributed by atoms with E-state index in [9.17, 15) is 18.0 Å². The molecular weight excluding hydrogens is 494 g/mol. The van der Waals surface area contributed by atoms with E-state index >= 15 is 0 Å². The second kappa shape index (κ2) is 12.8. The van der Waals surface area contributed by atoms with Crippen LogP contribution >= 0.6 is 0 Å². The molecule has 0 bridgehead atoms. The summed E-state index contributed by atoms with van der Waals surface area (Å²) in [6.07, 6.45) is 1.46. The summed E-state index contributed by atoms with van der Waals surface area (Å²) in [6.45, 7) is 7.64. The normalized spacial score (nSPS) is 12.4. The van der Waals surface area contributed by atoms with Crippen LogP contribution < -0.4 is 19.1 Å². The Kier molecular flexibility index (Phi) is 10.4. The molecule has 0 aliphatic heterocycles. The Hall–Kier alpha value is -3.27. The maximum Gasteiger partial charge on any atom is 0.242 e. The molecule has 0 saturated heterocycles. The number of nitrogens with zero attached hydrogens (tertiary/aromatic N) is 2. The van der Waals surface area contributed by atoms with Gasteiger partial charge in [-0.05, 0) is 63.9 Å². The molecule has 0 aliphatic carbocycles. The van der Waals surface area contributed by atoms with Crippen LogP contribution in [0.2, 0.25) is 0 Å². The summed E-state index contributed by atoms with van der Waals surface area (Å²) in [5.41, 5.74) is 0.820. The van der Waals surface area contributed by atoms with Gasteiger partial charge in [-0.2, -0.15) is 0 Å². The van der Waals surface area contributed by atoms with Crippen LogP contribution in [0.25, 0.3) is 0 Å². The van der Waals surface area contributed by atoms with Gasteiger partial charge in [0.2, 0.25) is 21.8 Å². The zero-order valence-electron chi connectivity index (χ0n) is 22.8. The molecule has 9 nitrogen and oxygen atoms in total. The number of amides is 2. The van der Waals surface area contributed by atoms with Crippen LogP contribution in [0.5, 0.6) is 11.5 Å². The van der Waals surface area contributed by atoms with E-state index in [0.29, 0.717) is 17.2 Å². The minimum atomic E-state index is -3.59. The van der Waals surface area contributed by atoms with Crippen LogP contribution in [-0.4, -0.2) is 63.7 Å². The molecule has 0 fully saturated rings. The summed E-state index contributed by atoms with van der Waals surface area (Å²) >= 11 is 0. The van der Waals surface area contributed by atoms with Gasteiger partial charge in [0.1, 0.15) is 17.5 Å². The lowest BCUT2D eigenvalue weighted by Crippen LogP contribution is -2.52. The lowest BCUT2D eigenvalue weighted by molar-refractivity contribution is -0.141. The van der Waals surface area contributed by atoms with Crippen molar-refractivity contribution in [3.63, 3.8) is 0 Å². The number of ether oxygens (including phenoxy) is 2. The van der Waals surface area contributed by atoms with E-state index < -0.39 is 21.6 Å². The summed E-state index contributed by atoms with van der Waals surface area (Å²) < 4.78 is 36.8. The highest BCUT2D eigenvalue weighted by atomic mass is 32.2. The Morgan fingerprint density at radius 3 is 2.16 bits per heavy atom. The number of benzene rings is 2. The molecule has 1 N–H and O–H groups in total. The van der Waals surface area contributed by atoms with E-state index in [0.717, 1.165) is 11.8 Å². The molecule has 2 aromatic carbocycles. The van der Waals surface area contributed by atoms with Crippen molar-refractivity contribution in [2.45, 2.75) is 58.7 Å². The highest BCUT2D eigenvalue weighted by Crippen LogP contribution is 2.24. The molecular formula is C27H39N3O6S. The Balaban J connectivity index is 2.22. The average Bonchev–Trinajstić information content (AvgIpc) is 2.82. The van der Waals surface area contributed by atoms with Gasteiger partial charge in [-0.1, -0.05) is 18.2 Å². The monoisotopic (exact) mass is 533 g/mol. The van der Waals surface area contributed by atoms with Crippen LogP contribution in [0.15, 0.2) is 48.5 Å². The van der Waals surface area contributed by atoms with E-state index in [-0.39, 0.29) is 37.7 Å². The van der Waals surface area contributed by atoms with Gasteiger partial charge in [0.05, 0.1) is 26.2 Å². The Labute approximate surface area is 220 Å². The third-order valence-electron chi connectivity index (χ3n) is 5.65. The van der Waals surface area contributed by atoms with Crippen LogP contribution in [0.1, 0.15) is 46.1 Å². The van der Waals surface area contributed by atoms with E-state index in [4.69, 9.17) is 9.47 Å². The van der Waals surface area contributed by atoms with Crippen LogP contribution in [-0.2, 0) is 26.2 Å². The Morgan fingerprint density at radius 1 is 1.00 bits per heavy atom. The van der Waals surface area contributed by atoms with Crippen molar-refractivity contribution in [3.8, 4) is 11.5 Å². The van der Waals surface area contributed by atoms with Crippen LogP contribution in [0.4, 0.5) is 5.69 Å². The summed E-state index contributed by atoms with van der Waals surface area (Å²) in [5.74, 6) is 0.667. The van der Waals surface area contributed by atoms with Gasteiger partial charge in [0.25, 0.3) is 0 Å². The Morgan fingerprint density at radius 2 is 1.59 bits per heavy atom. The van der Waals surface area contributed by atoms with Gasteiger partial charge in [0.15, 0.2) is 0 Å². The highest BCUT2D eigenvalue weighted by Gasteiger charge is 2.28. The van der Waals surface area contributed by atoms with E-state index in [2.05, 4.69) is 5.32 Å². The number of hydrogen-bond donors (Lipinski definition) is 1. The summed E-state index contributed by atoms with van der Waals surface area (Å²) in [5, 5.41) is 2.93. The average molecular weight is 534 g/mol. The number of nitrogens with one attached hydrogen (secondary N) is 1. The number of carbonyl (C=O) groups is 2. The molecule has 10 heteroatoms. The molecule has 2 aromatic rings. The van der Waals surface area contributed by atoms with E-state index in [1.165, 1.54) is 16.3 Å². The summed E-state index contributed by atoms with van der Waals surface area (Å²) in [4.78, 5) is 27.9. The lowest BCUT2D eigenvalue weighted by atomic mass is 10.1. The van der Waals surface area contributed by atoms with Crippen molar-refractivity contribution in [1.29, 1.82) is 0 Å². The van der Waals surface area contributed by atoms with Gasteiger partial charge in [-0.3, -0.25) is 13.9 Å². The minimum absolute atomic E-state index is 0.0626. The zero-order valence-corrected chi connectivity index (χ0v) is 23.6. The van der Waals surface area contributed by atoms with Crippen molar-refractivity contribution in [1.82, 2.24) is 10.2 Å². The minimum Gasteiger partial charge on any atom is -0.497 e.